The van der Waals surface area contributed by atoms with Crippen LogP contribution in [0.5, 0.6) is 0 Å². The minimum absolute atomic E-state index is 0.0453. The second kappa shape index (κ2) is 5.32. The number of nitrogens with one attached hydrogen (secondary N) is 1. The number of halogens is 1. The number of nitrogens with zero attached hydrogens (tertiary/aromatic N) is 3. The highest BCUT2D eigenvalue weighted by molar-refractivity contribution is 5.21. The lowest BCUT2D eigenvalue weighted by Crippen LogP contribution is -2.25. The van der Waals surface area contributed by atoms with Crippen molar-refractivity contribution in [2.45, 2.75) is 45.3 Å². The first-order chi connectivity index (χ1) is 9.66. The molecule has 0 bridgehead atoms. The van der Waals surface area contributed by atoms with Gasteiger partial charge in [-0.1, -0.05) is 18.2 Å². The Morgan fingerprint density at radius 1 is 1.20 bits per heavy atom. The minimum atomic E-state index is -0.175. The Morgan fingerprint density at radius 3 is 2.80 bits per heavy atom. The lowest BCUT2D eigenvalue weighted by Gasteiger charge is -2.20. The topological polar surface area (TPSA) is 42.7 Å². The number of rotatable bonds is 4. The largest absolute Gasteiger partial charge is 0.314 e. The van der Waals surface area contributed by atoms with E-state index in [1.165, 1.54) is 6.07 Å². The first kappa shape index (κ1) is 13.2. The summed E-state index contributed by atoms with van der Waals surface area (Å²) in [4.78, 5) is 0. The summed E-state index contributed by atoms with van der Waals surface area (Å²) in [7, 11) is 0. The minimum Gasteiger partial charge on any atom is -0.314 e. The van der Waals surface area contributed by atoms with Gasteiger partial charge in [0.1, 0.15) is 17.5 Å². The highest BCUT2D eigenvalue weighted by Crippen LogP contribution is 2.23. The Labute approximate surface area is 118 Å². The molecule has 1 aromatic heterocycles. The average molecular weight is 274 g/mol. The molecule has 0 spiro atoms. The molecule has 0 fully saturated rings. The molecule has 0 amide bonds. The maximum Gasteiger partial charge on any atom is 0.149 e. The smallest absolute Gasteiger partial charge is 0.149 e. The number of aryl methyl sites for hydroxylation is 1. The van der Waals surface area contributed by atoms with Gasteiger partial charge in [-0.2, -0.15) is 0 Å². The van der Waals surface area contributed by atoms with Crippen LogP contribution in [0.2, 0.25) is 0 Å². The zero-order valence-electron chi connectivity index (χ0n) is 11.8. The van der Waals surface area contributed by atoms with E-state index in [0.29, 0.717) is 5.56 Å². The van der Waals surface area contributed by atoms with Gasteiger partial charge in [0, 0.05) is 24.6 Å². The number of hydrogen-bond donors (Lipinski definition) is 1. The van der Waals surface area contributed by atoms with Gasteiger partial charge < -0.3 is 9.88 Å². The van der Waals surface area contributed by atoms with Crippen LogP contribution >= 0.6 is 0 Å². The highest BCUT2D eigenvalue weighted by atomic mass is 19.1. The SMILES string of the molecule is CC(NC(C)c1nnc2n1CCC2)c1ccccc1F. The number of hydrogen-bond acceptors (Lipinski definition) is 3. The third-order valence-electron chi connectivity index (χ3n) is 3.90. The van der Waals surface area contributed by atoms with Gasteiger partial charge in [0.05, 0.1) is 6.04 Å². The molecule has 106 valence electrons. The van der Waals surface area contributed by atoms with Gasteiger partial charge in [0.2, 0.25) is 0 Å². The fourth-order valence-electron chi connectivity index (χ4n) is 2.86. The lowest BCUT2D eigenvalue weighted by molar-refractivity contribution is 0.446. The van der Waals surface area contributed by atoms with Crippen molar-refractivity contribution in [2.24, 2.45) is 0 Å². The highest BCUT2D eigenvalue weighted by Gasteiger charge is 2.22. The van der Waals surface area contributed by atoms with Gasteiger partial charge in [-0.3, -0.25) is 0 Å². The summed E-state index contributed by atoms with van der Waals surface area (Å²) in [5.74, 6) is 1.83. The molecule has 0 radical (unpaired) electrons. The van der Waals surface area contributed by atoms with Crippen LogP contribution in [0.25, 0.3) is 0 Å². The third kappa shape index (κ3) is 2.33. The second-order valence-electron chi connectivity index (χ2n) is 5.36. The Kier molecular flexibility index (Phi) is 3.53. The van der Waals surface area contributed by atoms with Crippen molar-refractivity contribution >= 4 is 0 Å². The van der Waals surface area contributed by atoms with E-state index in [9.17, 15) is 4.39 Å². The zero-order valence-corrected chi connectivity index (χ0v) is 11.8. The van der Waals surface area contributed by atoms with Crippen LogP contribution in [-0.4, -0.2) is 14.8 Å². The van der Waals surface area contributed by atoms with Crippen LogP contribution in [-0.2, 0) is 13.0 Å². The van der Waals surface area contributed by atoms with Crippen molar-refractivity contribution < 1.29 is 4.39 Å². The summed E-state index contributed by atoms with van der Waals surface area (Å²) in [5.41, 5.74) is 0.681. The quantitative estimate of drug-likeness (QED) is 0.932. The van der Waals surface area contributed by atoms with Crippen LogP contribution in [0, 0.1) is 5.82 Å². The predicted molar refractivity (Wildman–Crippen MR) is 74.7 cm³/mol. The molecule has 5 heteroatoms. The molecule has 2 atom stereocenters. The standard InChI is InChI=1S/C15H19FN4/c1-10(12-6-3-4-7-13(12)16)17-11(2)15-19-18-14-8-5-9-20(14)15/h3-4,6-7,10-11,17H,5,8-9H2,1-2H3. The molecule has 4 nitrogen and oxygen atoms in total. The summed E-state index contributed by atoms with van der Waals surface area (Å²) < 4.78 is 16.0. The first-order valence-electron chi connectivity index (χ1n) is 7.09. The molecule has 2 heterocycles. The van der Waals surface area contributed by atoms with E-state index >= 15 is 0 Å². The summed E-state index contributed by atoms with van der Waals surface area (Å²) in [6.45, 7) is 5.00. The lowest BCUT2D eigenvalue weighted by atomic mass is 10.1. The van der Waals surface area contributed by atoms with Crippen LogP contribution in [0.4, 0.5) is 4.39 Å². The fourth-order valence-corrected chi connectivity index (χ4v) is 2.86. The van der Waals surface area contributed by atoms with E-state index in [1.807, 2.05) is 26.0 Å². The van der Waals surface area contributed by atoms with Crippen molar-refractivity contribution in [3.05, 3.63) is 47.3 Å². The molecular weight excluding hydrogens is 255 g/mol. The molecule has 20 heavy (non-hydrogen) atoms. The summed E-state index contributed by atoms with van der Waals surface area (Å²) in [6, 6.07) is 6.85. The molecule has 1 aliphatic rings. The van der Waals surface area contributed by atoms with Gasteiger partial charge in [0.15, 0.2) is 0 Å². The second-order valence-corrected chi connectivity index (χ2v) is 5.36. The summed E-state index contributed by atoms with van der Waals surface area (Å²) in [6.07, 6.45) is 2.13. The van der Waals surface area contributed by atoms with E-state index in [-0.39, 0.29) is 17.9 Å². The zero-order chi connectivity index (χ0) is 14.1. The summed E-state index contributed by atoms with van der Waals surface area (Å²) >= 11 is 0. The monoisotopic (exact) mass is 274 g/mol. The van der Waals surface area contributed by atoms with Crippen molar-refractivity contribution in [1.29, 1.82) is 0 Å². The number of aromatic nitrogens is 3. The number of benzene rings is 1. The van der Waals surface area contributed by atoms with Gasteiger partial charge in [-0.25, -0.2) is 4.39 Å². The van der Waals surface area contributed by atoms with E-state index in [1.54, 1.807) is 6.07 Å². The molecule has 2 aromatic rings. The van der Waals surface area contributed by atoms with Crippen molar-refractivity contribution in [1.82, 2.24) is 20.1 Å². The fraction of sp³-hybridized carbons (Fsp3) is 0.467. The Balaban J connectivity index is 1.76. The normalized spacial score (nSPS) is 16.9. The van der Waals surface area contributed by atoms with Crippen LogP contribution < -0.4 is 5.32 Å². The van der Waals surface area contributed by atoms with Crippen molar-refractivity contribution in [3.8, 4) is 0 Å². The molecule has 1 aliphatic heterocycles. The molecule has 0 saturated carbocycles. The van der Waals surface area contributed by atoms with Crippen LogP contribution in [0.15, 0.2) is 24.3 Å². The maximum atomic E-state index is 13.8. The average Bonchev–Trinajstić information content (AvgIpc) is 3.00. The van der Waals surface area contributed by atoms with Crippen molar-refractivity contribution in [3.63, 3.8) is 0 Å². The third-order valence-corrected chi connectivity index (χ3v) is 3.90. The van der Waals surface area contributed by atoms with E-state index in [0.717, 1.165) is 31.0 Å². The van der Waals surface area contributed by atoms with E-state index in [4.69, 9.17) is 0 Å². The first-order valence-corrected chi connectivity index (χ1v) is 7.09. The van der Waals surface area contributed by atoms with E-state index < -0.39 is 0 Å². The van der Waals surface area contributed by atoms with Gasteiger partial charge >= 0.3 is 0 Å². The Hall–Kier alpha value is -1.75. The van der Waals surface area contributed by atoms with Gasteiger partial charge in [-0.05, 0) is 26.3 Å². The molecule has 0 saturated heterocycles. The molecule has 1 aromatic carbocycles. The molecule has 0 aliphatic carbocycles. The Morgan fingerprint density at radius 2 is 2.00 bits per heavy atom. The molecule has 2 unspecified atom stereocenters. The number of fused-ring (bicyclic) bond motifs is 1. The van der Waals surface area contributed by atoms with Crippen LogP contribution in [0.3, 0.4) is 0 Å². The molecule has 3 rings (SSSR count). The van der Waals surface area contributed by atoms with Gasteiger partial charge in [-0.15, -0.1) is 10.2 Å². The van der Waals surface area contributed by atoms with E-state index in [2.05, 4.69) is 20.1 Å². The maximum absolute atomic E-state index is 13.8. The molecular formula is C15H19FN4. The van der Waals surface area contributed by atoms with Gasteiger partial charge in [0.25, 0.3) is 0 Å². The van der Waals surface area contributed by atoms with Crippen molar-refractivity contribution in [2.75, 3.05) is 0 Å². The molecule has 1 N–H and O–H groups in total. The predicted octanol–water partition coefficient (Wildman–Crippen LogP) is 2.78. The summed E-state index contributed by atoms with van der Waals surface area (Å²) in [5, 5.41) is 11.9. The van der Waals surface area contributed by atoms with Crippen LogP contribution in [0.1, 0.15) is 49.6 Å². The Bertz CT molecular complexity index is 608.